The van der Waals surface area contributed by atoms with Gasteiger partial charge in [-0.1, -0.05) is 0 Å². The van der Waals surface area contributed by atoms with Gasteiger partial charge in [-0.15, -0.1) is 0 Å². The van der Waals surface area contributed by atoms with Gasteiger partial charge in [0.1, 0.15) is 12.2 Å². The summed E-state index contributed by atoms with van der Waals surface area (Å²) < 4.78 is 21.8. The van der Waals surface area contributed by atoms with Crippen molar-refractivity contribution in [3.8, 4) is 5.75 Å². The van der Waals surface area contributed by atoms with Crippen LogP contribution in [-0.4, -0.2) is 56.0 Å². The summed E-state index contributed by atoms with van der Waals surface area (Å²) in [6.07, 6.45) is 0.180. The fourth-order valence-corrected chi connectivity index (χ4v) is 2.58. The van der Waals surface area contributed by atoms with Crippen molar-refractivity contribution < 1.29 is 39.5 Å². The number of quaternary nitrogens is 1. The van der Waals surface area contributed by atoms with Crippen molar-refractivity contribution >= 4 is 33.5 Å². The lowest BCUT2D eigenvalue weighted by atomic mass is 10.2. The van der Waals surface area contributed by atoms with Gasteiger partial charge in [0.2, 0.25) is 5.91 Å². The molecule has 0 atom stereocenters. The SMILES string of the molecule is CC(C)(C)OC(=O)CCOCCOCCOc1cc(C(N)=O)cc(Br)c1[NH2+][O-].O. The number of ether oxygens (including phenoxy) is 4. The molecule has 1 aromatic rings. The fraction of sp³-hybridized carbons (Fsp3) is 0.556. The fourth-order valence-electron chi connectivity index (χ4n) is 2.05. The van der Waals surface area contributed by atoms with Crippen LogP contribution in [-0.2, 0) is 19.0 Å². The topological polar surface area (TPSA) is 168 Å². The lowest BCUT2D eigenvalue weighted by molar-refractivity contribution is -0.498. The van der Waals surface area contributed by atoms with E-state index in [-0.39, 0.29) is 54.7 Å². The number of nitrogens with two attached hydrogens (primary N) is 2. The Bertz CT molecular complexity index is 664. The van der Waals surface area contributed by atoms with E-state index in [2.05, 4.69) is 15.9 Å². The number of primary amides is 1. The molecule has 0 spiro atoms. The van der Waals surface area contributed by atoms with Crippen LogP contribution in [0.1, 0.15) is 37.6 Å². The van der Waals surface area contributed by atoms with Crippen molar-refractivity contribution in [2.24, 2.45) is 5.73 Å². The number of hydrogen-bond acceptors (Lipinski definition) is 7. The molecule has 10 nitrogen and oxygen atoms in total. The van der Waals surface area contributed by atoms with Gasteiger partial charge >= 0.3 is 5.97 Å². The first-order valence-electron chi connectivity index (χ1n) is 8.72. The summed E-state index contributed by atoms with van der Waals surface area (Å²) in [5, 5.41) is 11.2. The average Bonchev–Trinajstić information content (AvgIpc) is 2.58. The molecule has 0 aromatic heterocycles. The summed E-state index contributed by atoms with van der Waals surface area (Å²) in [7, 11) is 0. The number of amides is 1. The monoisotopic (exact) mass is 480 g/mol. The number of halogens is 1. The third kappa shape index (κ3) is 11.1. The number of esters is 1. The Morgan fingerprint density at radius 3 is 2.24 bits per heavy atom. The van der Waals surface area contributed by atoms with Gasteiger partial charge < -0.3 is 40.8 Å². The summed E-state index contributed by atoms with van der Waals surface area (Å²) >= 11 is 3.21. The van der Waals surface area contributed by atoms with Crippen LogP contribution in [0.4, 0.5) is 5.69 Å². The largest absolute Gasteiger partial charge is 0.630 e. The molecule has 166 valence electrons. The highest BCUT2D eigenvalue weighted by Gasteiger charge is 2.16. The Balaban J connectivity index is 0.00000784. The van der Waals surface area contributed by atoms with E-state index in [4.69, 9.17) is 24.7 Å². The maximum absolute atomic E-state index is 11.5. The molecule has 0 heterocycles. The zero-order chi connectivity index (χ0) is 21.2. The first kappa shape index (κ1) is 27.2. The highest BCUT2D eigenvalue weighted by Crippen LogP contribution is 2.30. The van der Waals surface area contributed by atoms with Gasteiger partial charge in [0.25, 0.3) is 0 Å². The molecule has 1 rings (SSSR count). The Kier molecular flexibility index (Phi) is 12.6. The van der Waals surface area contributed by atoms with E-state index >= 15 is 0 Å². The second-order valence-electron chi connectivity index (χ2n) is 6.76. The van der Waals surface area contributed by atoms with Crippen LogP contribution < -0.4 is 16.0 Å². The average molecular weight is 481 g/mol. The van der Waals surface area contributed by atoms with Crippen LogP contribution in [0, 0.1) is 5.21 Å². The van der Waals surface area contributed by atoms with Crippen molar-refractivity contribution in [3.05, 3.63) is 27.4 Å². The van der Waals surface area contributed by atoms with E-state index in [9.17, 15) is 14.8 Å². The Morgan fingerprint density at radius 2 is 1.69 bits per heavy atom. The minimum atomic E-state index is -0.622. The van der Waals surface area contributed by atoms with Gasteiger partial charge in [-0.05, 0) is 48.8 Å². The molecule has 29 heavy (non-hydrogen) atoms. The predicted molar refractivity (Wildman–Crippen MR) is 109 cm³/mol. The molecule has 0 bridgehead atoms. The summed E-state index contributed by atoms with van der Waals surface area (Å²) in [5.74, 6) is -0.685. The highest BCUT2D eigenvalue weighted by atomic mass is 79.9. The Hall–Kier alpha value is -1.76. The normalized spacial score (nSPS) is 10.9. The first-order valence-corrected chi connectivity index (χ1v) is 9.52. The molecule has 0 fully saturated rings. The van der Waals surface area contributed by atoms with E-state index in [1.807, 2.05) is 20.8 Å². The second-order valence-corrected chi connectivity index (χ2v) is 7.62. The second kappa shape index (κ2) is 13.5. The molecule has 0 saturated carbocycles. The summed E-state index contributed by atoms with van der Waals surface area (Å²) in [5.41, 5.74) is 5.90. The highest BCUT2D eigenvalue weighted by molar-refractivity contribution is 9.10. The molecule has 0 aliphatic heterocycles. The predicted octanol–water partition coefficient (Wildman–Crippen LogP) is 0.560. The van der Waals surface area contributed by atoms with E-state index < -0.39 is 11.5 Å². The van der Waals surface area contributed by atoms with E-state index in [0.29, 0.717) is 23.2 Å². The minimum Gasteiger partial charge on any atom is -0.630 e. The van der Waals surface area contributed by atoms with Gasteiger partial charge in [-0.2, -0.15) is 0 Å². The number of hydrogen-bond donors (Lipinski definition) is 2. The van der Waals surface area contributed by atoms with Crippen LogP contribution in [0.2, 0.25) is 0 Å². The molecule has 1 amide bonds. The third-order valence-corrected chi connectivity index (χ3v) is 3.88. The van der Waals surface area contributed by atoms with Gasteiger partial charge in [0.15, 0.2) is 11.4 Å². The zero-order valence-corrected chi connectivity index (χ0v) is 18.4. The molecule has 11 heteroatoms. The van der Waals surface area contributed by atoms with Crippen molar-refractivity contribution in [1.29, 1.82) is 0 Å². The molecule has 0 aliphatic carbocycles. The van der Waals surface area contributed by atoms with Crippen molar-refractivity contribution in [2.75, 3.05) is 33.0 Å². The maximum atomic E-state index is 11.5. The molecule has 0 saturated heterocycles. The molecule has 0 radical (unpaired) electrons. The van der Waals surface area contributed by atoms with Crippen LogP contribution in [0.15, 0.2) is 16.6 Å². The molecule has 1 aromatic carbocycles. The van der Waals surface area contributed by atoms with Gasteiger partial charge in [-0.3, -0.25) is 9.59 Å². The van der Waals surface area contributed by atoms with E-state index in [1.54, 1.807) is 0 Å². The molecule has 0 aliphatic rings. The standard InChI is InChI=1S/C18H27BrN2O7.H2O/c1-18(2,3)28-15(22)4-5-25-6-7-26-8-9-27-14-11-12(17(20)23)10-13(19)16(14)21-24;/h10-11H,4-9,21H2,1-3H3,(H2,20,23);1H2. The Labute approximate surface area is 178 Å². The van der Waals surface area contributed by atoms with Crippen molar-refractivity contribution in [3.63, 3.8) is 0 Å². The summed E-state index contributed by atoms with van der Waals surface area (Å²) in [6.45, 7) is 6.76. The lowest BCUT2D eigenvalue weighted by Gasteiger charge is -2.19. The van der Waals surface area contributed by atoms with Crippen LogP contribution >= 0.6 is 15.9 Å². The zero-order valence-electron chi connectivity index (χ0n) is 16.8. The van der Waals surface area contributed by atoms with Gasteiger partial charge in [0.05, 0.1) is 37.3 Å². The summed E-state index contributed by atoms with van der Waals surface area (Å²) in [4.78, 5) is 22.8. The van der Waals surface area contributed by atoms with Crippen LogP contribution in [0.3, 0.4) is 0 Å². The third-order valence-electron chi connectivity index (χ3n) is 3.22. The van der Waals surface area contributed by atoms with E-state index in [1.165, 1.54) is 12.1 Å². The number of rotatable bonds is 12. The molecular formula is C18H29BrN2O8. The van der Waals surface area contributed by atoms with Crippen LogP contribution in [0.25, 0.3) is 0 Å². The molecule has 6 N–H and O–H groups in total. The molecule has 0 unspecified atom stereocenters. The van der Waals surface area contributed by atoms with E-state index in [0.717, 1.165) is 0 Å². The van der Waals surface area contributed by atoms with Crippen molar-refractivity contribution in [2.45, 2.75) is 32.8 Å². The van der Waals surface area contributed by atoms with Gasteiger partial charge in [0, 0.05) is 5.56 Å². The first-order chi connectivity index (χ1) is 13.1. The quantitative estimate of drug-likeness (QED) is 0.190. The summed E-state index contributed by atoms with van der Waals surface area (Å²) in [6, 6.07) is 2.88. The lowest BCUT2D eigenvalue weighted by Crippen LogP contribution is -2.70. The molecular weight excluding hydrogens is 452 g/mol. The van der Waals surface area contributed by atoms with Gasteiger partial charge in [-0.25, -0.2) is 0 Å². The number of benzene rings is 1. The Morgan fingerprint density at radius 1 is 1.10 bits per heavy atom. The number of carbonyl (C=O) groups excluding carboxylic acids is 2. The van der Waals surface area contributed by atoms with Crippen LogP contribution in [0.5, 0.6) is 5.75 Å². The maximum Gasteiger partial charge on any atom is 0.308 e. The number of carbonyl (C=O) groups is 2. The minimum absolute atomic E-state index is 0. The van der Waals surface area contributed by atoms with Crippen molar-refractivity contribution in [1.82, 2.24) is 0 Å². The smallest absolute Gasteiger partial charge is 0.308 e.